The van der Waals surface area contributed by atoms with E-state index in [-0.39, 0.29) is 11.3 Å². The van der Waals surface area contributed by atoms with Crippen molar-refractivity contribution in [2.45, 2.75) is 0 Å². The Hall–Kier alpha value is -3.66. The summed E-state index contributed by atoms with van der Waals surface area (Å²) < 4.78 is 20.9. The number of hydrogen-bond donors (Lipinski definition) is 1. The van der Waals surface area contributed by atoms with Crippen molar-refractivity contribution >= 4 is 23.1 Å². The van der Waals surface area contributed by atoms with E-state index >= 15 is 0 Å². The Labute approximate surface area is 171 Å². The molecule has 158 valence electrons. The number of anilines is 1. The second-order valence-electron chi connectivity index (χ2n) is 6.26. The van der Waals surface area contributed by atoms with E-state index in [9.17, 15) is 19.7 Å². The summed E-state index contributed by atoms with van der Waals surface area (Å²) in [5, 5.41) is 14.0. The van der Waals surface area contributed by atoms with Crippen LogP contribution in [0, 0.1) is 10.1 Å². The normalized spacial score (nSPS) is 12.2. The molecule has 0 fully saturated rings. The van der Waals surface area contributed by atoms with Crippen molar-refractivity contribution in [1.82, 2.24) is 0 Å². The molecular weight excluding hydrogens is 396 g/mol. The van der Waals surface area contributed by atoms with Crippen LogP contribution in [0.1, 0.15) is 20.7 Å². The third kappa shape index (κ3) is 5.03. The van der Waals surface area contributed by atoms with Crippen LogP contribution in [0.15, 0.2) is 36.4 Å². The van der Waals surface area contributed by atoms with Gasteiger partial charge in [0.05, 0.1) is 17.1 Å². The number of Topliss-reactive ketones (excluding diaryl/α,β-unsaturated/α-hetero) is 1. The largest absolute Gasteiger partial charge is 0.486 e. The number of rotatable bonds is 9. The number of nitrogens with one attached hydrogen (secondary N) is 1. The van der Waals surface area contributed by atoms with Gasteiger partial charge in [0.25, 0.3) is 5.69 Å². The maximum absolute atomic E-state index is 12.5. The fourth-order valence-corrected chi connectivity index (χ4v) is 2.77. The summed E-state index contributed by atoms with van der Waals surface area (Å²) in [7, 11) is 1.52. The summed E-state index contributed by atoms with van der Waals surface area (Å²) in [6.45, 7) is 1.03. The van der Waals surface area contributed by atoms with Crippen molar-refractivity contribution in [2.75, 3.05) is 45.4 Å². The zero-order valence-electron chi connectivity index (χ0n) is 16.2. The second kappa shape index (κ2) is 9.70. The highest BCUT2D eigenvalue weighted by Gasteiger charge is 2.20. The summed E-state index contributed by atoms with van der Waals surface area (Å²) in [4.78, 5) is 35.4. The van der Waals surface area contributed by atoms with Crippen LogP contribution < -0.4 is 14.8 Å². The monoisotopic (exact) mass is 416 g/mol. The van der Waals surface area contributed by atoms with Gasteiger partial charge in [-0.1, -0.05) is 0 Å². The fourth-order valence-electron chi connectivity index (χ4n) is 2.77. The Morgan fingerprint density at radius 2 is 1.90 bits per heavy atom. The van der Waals surface area contributed by atoms with E-state index in [0.717, 1.165) is 6.07 Å². The highest BCUT2D eigenvalue weighted by Crippen LogP contribution is 2.31. The molecule has 0 radical (unpaired) electrons. The highest BCUT2D eigenvalue weighted by molar-refractivity contribution is 6.01. The topological polar surface area (TPSA) is 126 Å². The molecule has 0 unspecified atom stereocenters. The van der Waals surface area contributed by atoms with Crippen LogP contribution in [-0.2, 0) is 9.47 Å². The molecule has 0 atom stereocenters. The molecule has 1 N–H and O–H groups in total. The second-order valence-corrected chi connectivity index (χ2v) is 6.26. The molecule has 10 heteroatoms. The van der Waals surface area contributed by atoms with E-state index in [2.05, 4.69) is 5.32 Å². The number of esters is 1. The minimum absolute atomic E-state index is 0.0460. The van der Waals surface area contributed by atoms with Gasteiger partial charge >= 0.3 is 5.97 Å². The van der Waals surface area contributed by atoms with Gasteiger partial charge in [0, 0.05) is 37.0 Å². The smallest absolute Gasteiger partial charge is 0.340 e. The van der Waals surface area contributed by atoms with E-state index in [1.807, 2.05) is 0 Å². The Morgan fingerprint density at radius 1 is 1.13 bits per heavy atom. The lowest BCUT2D eigenvalue weighted by Crippen LogP contribution is -2.18. The van der Waals surface area contributed by atoms with E-state index in [1.165, 1.54) is 25.3 Å². The molecule has 0 spiro atoms. The van der Waals surface area contributed by atoms with Crippen LogP contribution in [0.4, 0.5) is 11.4 Å². The van der Waals surface area contributed by atoms with E-state index < -0.39 is 23.3 Å². The number of non-ortho nitro benzene ring substituents is 1. The summed E-state index contributed by atoms with van der Waals surface area (Å²) in [5.41, 5.74) is 0.326. The highest BCUT2D eigenvalue weighted by atomic mass is 16.6. The average molecular weight is 416 g/mol. The third-order valence-electron chi connectivity index (χ3n) is 4.25. The Morgan fingerprint density at radius 3 is 2.63 bits per heavy atom. The first kappa shape index (κ1) is 21.1. The quantitative estimate of drug-likeness (QED) is 0.216. The molecule has 2 aromatic rings. The first-order chi connectivity index (χ1) is 14.5. The summed E-state index contributed by atoms with van der Waals surface area (Å²) in [6, 6.07) is 8.47. The van der Waals surface area contributed by atoms with Crippen molar-refractivity contribution in [1.29, 1.82) is 0 Å². The number of nitrogens with zero attached hydrogens (tertiary/aromatic N) is 1. The maximum Gasteiger partial charge on any atom is 0.340 e. The summed E-state index contributed by atoms with van der Waals surface area (Å²) in [5.74, 6) is -0.316. The zero-order valence-corrected chi connectivity index (χ0v) is 16.2. The van der Waals surface area contributed by atoms with Gasteiger partial charge in [0.15, 0.2) is 23.9 Å². The van der Waals surface area contributed by atoms with E-state index in [0.29, 0.717) is 49.1 Å². The van der Waals surface area contributed by atoms with Crippen LogP contribution in [-0.4, -0.2) is 56.8 Å². The van der Waals surface area contributed by atoms with Crippen LogP contribution in [0.3, 0.4) is 0 Å². The van der Waals surface area contributed by atoms with Crippen molar-refractivity contribution in [3.05, 3.63) is 57.6 Å². The molecule has 0 aromatic heterocycles. The number of benzene rings is 2. The molecule has 0 saturated heterocycles. The third-order valence-corrected chi connectivity index (χ3v) is 4.25. The zero-order chi connectivity index (χ0) is 21.5. The van der Waals surface area contributed by atoms with Gasteiger partial charge in [0.1, 0.15) is 13.2 Å². The number of fused-ring (bicyclic) bond motifs is 1. The van der Waals surface area contributed by atoms with Crippen LogP contribution in [0.25, 0.3) is 0 Å². The maximum atomic E-state index is 12.5. The van der Waals surface area contributed by atoms with Crippen molar-refractivity contribution in [3.63, 3.8) is 0 Å². The number of ether oxygens (including phenoxy) is 4. The molecule has 10 nitrogen and oxygen atoms in total. The first-order valence-corrected chi connectivity index (χ1v) is 9.11. The summed E-state index contributed by atoms with van der Waals surface area (Å²) >= 11 is 0. The van der Waals surface area contributed by atoms with Gasteiger partial charge in [-0.3, -0.25) is 14.9 Å². The lowest BCUT2D eigenvalue weighted by atomic mass is 10.1. The lowest BCUT2D eigenvalue weighted by molar-refractivity contribution is -0.384. The predicted octanol–water partition coefficient (Wildman–Crippen LogP) is 2.46. The number of ketones is 1. The van der Waals surface area contributed by atoms with Crippen molar-refractivity contribution < 1.29 is 33.5 Å². The SMILES string of the molecule is COCCNc1ccc([N+](=O)[O-])cc1C(=O)OCC(=O)c1ccc2c(c1)OCCO2. The molecule has 0 saturated carbocycles. The molecule has 0 amide bonds. The van der Waals surface area contributed by atoms with Crippen LogP contribution in [0.5, 0.6) is 11.5 Å². The van der Waals surface area contributed by atoms with Crippen molar-refractivity contribution in [2.24, 2.45) is 0 Å². The minimum Gasteiger partial charge on any atom is -0.486 e. The number of carbonyl (C=O) groups is 2. The van der Waals surface area contributed by atoms with Crippen molar-refractivity contribution in [3.8, 4) is 11.5 Å². The van der Waals surface area contributed by atoms with Crippen LogP contribution >= 0.6 is 0 Å². The minimum atomic E-state index is -0.857. The summed E-state index contributed by atoms with van der Waals surface area (Å²) in [6.07, 6.45) is 0. The standard InChI is InChI=1S/C20H20N2O8/c1-27-7-6-21-16-4-3-14(22(25)26)11-15(16)20(24)30-12-17(23)13-2-5-18-19(10-13)29-9-8-28-18/h2-5,10-11,21H,6-9,12H2,1H3. The predicted molar refractivity (Wildman–Crippen MR) is 106 cm³/mol. The first-order valence-electron chi connectivity index (χ1n) is 9.11. The van der Waals surface area contributed by atoms with E-state index in [1.54, 1.807) is 12.1 Å². The molecule has 1 aliphatic rings. The Balaban J connectivity index is 1.70. The van der Waals surface area contributed by atoms with Gasteiger partial charge in [0.2, 0.25) is 0 Å². The molecule has 30 heavy (non-hydrogen) atoms. The molecule has 0 aliphatic carbocycles. The van der Waals surface area contributed by atoms with Crippen LogP contribution in [0.2, 0.25) is 0 Å². The number of hydrogen-bond acceptors (Lipinski definition) is 9. The lowest BCUT2D eigenvalue weighted by Gasteiger charge is -2.18. The fraction of sp³-hybridized carbons (Fsp3) is 0.300. The van der Waals surface area contributed by atoms with Gasteiger partial charge in [-0.2, -0.15) is 0 Å². The van der Waals surface area contributed by atoms with Gasteiger partial charge < -0.3 is 24.3 Å². The molecule has 1 aliphatic heterocycles. The molecule has 2 aromatic carbocycles. The number of nitro groups is 1. The van der Waals surface area contributed by atoms with Gasteiger partial charge in [-0.25, -0.2) is 4.79 Å². The van der Waals surface area contributed by atoms with Gasteiger partial charge in [-0.15, -0.1) is 0 Å². The molecule has 3 rings (SSSR count). The van der Waals surface area contributed by atoms with E-state index in [4.69, 9.17) is 18.9 Å². The van der Waals surface area contributed by atoms with Gasteiger partial charge in [-0.05, 0) is 24.3 Å². The number of nitro benzene ring substituents is 1. The number of methoxy groups -OCH3 is 1. The molecular formula is C20H20N2O8. The Kier molecular flexibility index (Phi) is 6.81. The average Bonchev–Trinajstić information content (AvgIpc) is 2.77. The molecule has 0 bridgehead atoms. The number of carbonyl (C=O) groups excluding carboxylic acids is 2. The Bertz CT molecular complexity index is 960. The molecule has 1 heterocycles.